The fraction of sp³-hybridized carbons (Fsp3) is 0.429. The van der Waals surface area contributed by atoms with Crippen LogP contribution in [0.1, 0.15) is 20.3 Å². The van der Waals surface area contributed by atoms with Crippen LogP contribution < -0.4 is 4.72 Å². The van der Waals surface area contributed by atoms with E-state index in [9.17, 15) is 18.0 Å². The zero-order valence-electron chi connectivity index (χ0n) is 11.9. The molecule has 0 unspecified atom stereocenters. The van der Waals surface area contributed by atoms with Gasteiger partial charge in [0.1, 0.15) is 0 Å². The van der Waals surface area contributed by atoms with Crippen molar-refractivity contribution in [3.63, 3.8) is 0 Å². The van der Waals surface area contributed by atoms with Crippen LogP contribution in [0.3, 0.4) is 0 Å². The van der Waals surface area contributed by atoms with Crippen LogP contribution in [0.4, 0.5) is 0 Å². The van der Waals surface area contributed by atoms with E-state index in [2.05, 4.69) is 4.72 Å². The van der Waals surface area contributed by atoms with Crippen molar-refractivity contribution in [1.29, 1.82) is 0 Å². The molecule has 0 saturated carbocycles. The fourth-order valence-corrected chi connectivity index (χ4v) is 3.80. The number of Topliss-reactive ketones (excluding diaryl/α,β-unsaturated/α-hetero) is 1. The van der Waals surface area contributed by atoms with Gasteiger partial charge in [0, 0.05) is 19.5 Å². The number of sulfonamides is 1. The third-order valence-corrected chi connectivity index (χ3v) is 5.09. The average Bonchev–Trinajstić information content (AvgIpc) is 2.83. The van der Waals surface area contributed by atoms with Crippen LogP contribution in [0.25, 0.3) is 0 Å². The summed E-state index contributed by atoms with van der Waals surface area (Å²) >= 11 is 0. The number of carbonyl (C=O) groups excluding carboxylic acids is 2. The predicted molar refractivity (Wildman–Crippen MR) is 77.0 cm³/mol. The van der Waals surface area contributed by atoms with Crippen LogP contribution >= 0.6 is 0 Å². The summed E-state index contributed by atoms with van der Waals surface area (Å²) in [5.74, 6) is -0.358. The minimum Gasteiger partial charge on any atom is -0.331 e. The zero-order valence-corrected chi connectivity index (χ0v) is 12.8. The number of amides is 1. The lowest BCUT2D eigenvalue weighted by Crippen LogP contribution is -2.39. The molecule has 1 amide bonds. The molecule has 1 heterocycles. The summed E-state index contributed by atoms with van der Waals surface area (Å²) in [4.78, 5) is 24.7. The van der Waals surface area contributed by atoms with Crippen LogP contribution in [-0.2, 0) is 19.6 Å². The molecule has 2 rings (SSSR count). The summed E-state index contributed by atoms with van der Waals surface area (Å²) in [6.45, 7) is 3.00. The molecule has 1 saturated heterocycles. The van der Waals surface area contributed by atoms with Crippen molar-refractivity contribution in [3.8, 4) is 0 Å². The van der Waals surface area contributed by atoms with Crippen LogP contribution in [0.15, 0.2) is 35.2 Å². The van der Waals surface area contributed by atoms with Gasteiger partial charge < -0.3 is 4.90 Å². The lowest BCUT2D eigenvalue weighted by molar-refractivity contribution is -0.135. The second-order valence-electron chi connectivity index (χ2n) is 5.16. The summed E-state index contributed by atoms with van der Waals surface area (Å²) < 4.78 is 27.1. The van der Waals surface area contributed by atoms with Gasteiger partial charge in [-0.1, -0.05) is 18.2 Å². The number of hydrogen-bond donors (Lipinski definition) is 1. The van der Waals surface area contributed by atoms with E-state index in [1.165, 1.54) is 30.9 Å². The zero-order chi connectivity index (χ0) is 15.6. The van der Waals surface area contributed by atoms with Gasteiger partial charge in [-0.2, -0.15) is 0 Å². The Hall–Kier alpha value is -1.73. The lowest BCUT2D eigenvalue weighted by Gasteiger charge is -2.20. The maximum atomic E-state index is 12.2. The molecule has 2 atom stereocenters. The SMILES string of the molecule is CC(=O)[C@@H]1C[C@@H](NS(=O)(=O)c2ccccc2)CN1C(C)=O. The molecule has 0 bridgehead atoms. The molecular formula is C14H18N2O4S. The van der Waals surface area contributed by atoms with E-state index in [1.54, 1.807) is 18.2 Å². The van der Waals surface area contributed by atoms with Gasteiger partial charge in [0.05, 0.1) is 10.9 Å². The van der Waals surface area contributed by atoms with Gasteiger partial charge in [0.25, 0.3) is 0 Å². The third-order valence-electron chi connectivity index (χ3n) is 3.55. The Morgan fingerprint density at radius 3 is 2.29 bits per heavy atom. The van der Waals surface area contributed by atoms with Gasteiger partial charge >= 0.3 is 0 Å². The minimum atomic E-state index is -3.64. The van der Waals surface area contributed by atoms with E-state index < -0.39 is 22.1 Å². The lowest BCUT2D eigenvalue weighted by atomic mass is 10.1. The number of nitrogens with zero attached hydrogens (tertiary/aromatic N) is 1. The highest BCUT2D eigenvalue weighted by Crippen LogP contribution is 2.21. The predicted octanol–water partition coefficient (Wildman–Crippen LogP) is 0.543. The first kappa shape index (κ1) is 15.7. The monoisotopic (exact) mass is 310 g/mol. The number of likely N-dealkylation sites (tertiary alicyclic amines) is 1. The average molecular weight is 310 g/mol. The number of hydrogen-bond acceptors (Lipinski definition) is 4. The molecule has 21 heavy (non-hydrogen) atoms. The molecule has 1 N–H and O–H groups in total. The molecule has 0 aliphatic carbocycles. The molecular weight excluding hydrogens is 292 g/mol. The normalized spacial score (nSPS) is 22.3. The van der Waals surface area contributed by atoms with Crippen molar-refractivity contribution in [2.45, 2.75) is 37.2 Å². The summed E-state index contributed by atoms with van der Waals surface area (Å²) in [5.41, 5.74) is 0. The van der Waals surface area contributed by atoms with E-state index >= 15 is 0 Å². The highest BCUT2D eigenvalue weighted by atomic mass is 32.2. The molecule has 1 fully saturated rings. The quantitative estimate of drug-likeness (QED) is 0.880. The van der Waals surface area contributed by atoms with Crippen LogP contribution in [0.2, 0.25) is 0 Å². The fourth-order valence-electron chi connectivity index (χ4n) is 2.54. The van der Waals surface area contributed by atoms with Crippen molar-refractivity contribution in [3.05, 3.63) is 30.3 Å². The highest BCUT2D eigenvalue weighted by Gasteiger charge is 2.38. The second-order valence-corrected chi connectivity index (χ2v) is 6.88. The van der Waals surface area contributed by atoms with Gasteiger partial charge in [0.2, 0.25) is 15.9 Å². The van der Waals surface area contributed by atoms with Crippen LogP contribution in [-0.4, -0.2) is 43.6 Å². The van der Waals surface area contributed by atoms with Crippen molar-refractivity contribution in [1.82, 2.24) is 9.62 Å². The molecule has 6 nitrogen and oxygen atoms in total. The second kappa shape index (κ2) is 5.95. The molecule has 1 aliphatic heterocycles. The first-order valence-corrected chi connectivity index (χ1v) is 8.14. The summed E-state index contributed by atoms with van der Waals surface area (Å²) in [6.07, 6.45) is 0.307. The molecule has 1 aromatic rings. The smallest absolute Gasteiger partial charge is 0.240 e. The molecule has 0 radical (unpaired) electrons. The third kappa shape index (κ3) is 3.48. The van der Waals surface area contributed by atoms with E-state index in [0.29, 0.717) is 6.42 Å². The van der Waals surface area contributed by atoms with E-state index in [4.69, 9.17) is 0 Å². The van der Waals surface area contributed by atoms with E-state index in [1.807, 2.05) is 0 Å². The summed E-state index contributed by atoms with van der Waals surface area (Å²) in [7, 11) is -3.64. The minimum absolute atomic E-state index is 0.133. The highest BCUT2D eigenvalue weighted by molar-refractivity contribution is 7.89. The van der Waals surface area contributed by atoms with Gasteiger partial charge in [-0.15, -0.1) is 0 Å². The molecule has 1 aliphatic rings. The van der Waals surface area contributed by atoms with Crippen molar-refractivity contribution in [2.75, 3.05) is 6.54 Å². The van der Waals surface area contributed by atoms with Gasteiger partial charge in [-0.3, -0.25) is 9.59 Å². The van der Waals surface area contributed by atoms with Crippen molar-refractivity contribution < 1.29 is 18.0 Å². The first-order chi connectivity index (χ1) is 9.81. The standard InChI is InChI=1S/C14H18N2O4S/c1-10(17)14-8-12(9-16(14)11(2)18)15-21(19,20)13-6-4-3-5-7-13/h3-7,12,14-15H,8-9H2,1-2H3/t12-,14+/m1/s1. The van der Waals surface area contributed by atoms with Gasteiger partial charge in [-0.05, 0) is 25.5 Å². The maximum absolute atomic E-state index is 12.2. The van der Waals surface area contributed by atoms with E-state index in [-0.39, 0.29) is 23.1 Å². The van der Waals surface area contributed by atoms with Crippen LogP contribution in [0.5, 0.6) is 0 Å². The topological polar surface area (TPSA) is 83.6 Å². The largest absolute Gasteiger partial charge is 0.331 e. The number of carbonyl (C=O) groups is 2. The number of nitrogens with one attached hydrogen (secondary N) is 1. The van der Waals surface area contributed by atoms with Crippen molar-refractivity contribution in [2.24, 2.45) is 0 Å². The molecule has 114 valence electrons. The van der Waals surface area contributed by atoms with Gasteiger partial charge in [-0.25, -0.2) is 13.1 Å². The number of rotatable bonds is 4. The number of benzene rings is 1. The Morgan fingerprint density at radius 1 is 1.19 bits per heavy atom. The Bertz CT molecular complexity index is 620. The Balaban J connectivity index is 2.14. The maximum Gasteiger partial charge on any atom is 0.240 e. The van der Waals surface area contributed by atoms with Gasteiger partial charge in [0.15, 0.2) is 5.78 Å². The first-order valence-electron chi connectivity index (χ1n) is 6.66. The Labute approximate surface area is 124 Å². The summed E-state index contributed by atoms with van der Waals surface area (Å²) in [5, 5.41) is 0. The summed E-state index contributed by atoms with van der Waals surface area (Å²) in [6, 6.07) is 7.02. The molecule has 7 heteroatoms. The molecule has 1 aromatic carbocycles. The molecule has 0 spiro atoms. The van der Waals surface area contributed by atoms with E-state index in [0.717, 1.165) is 0 Å². The van der Waals surface area contributed by atoms with Crippen molar-refractivity contribution >= 4 is 21.7 Å². The Kier molecular flexibility index (Phi) is 4.43. The molecule has 0 aromatic heterocycles. The number of ketones is 1. The Morgan fingerprint density at radius 2 is 1.81 bits per heavy atom. The van der Waals surface area contributed by atoms with Crippen LogP contribution in [0, 0.1) is 0 Å².